The molecule has 118 valence electrons. The van der Waals surface area contributed by atoms with Crippen molar-refractivity contribution in [2.45, 2.75) is 6.54 Å². The molecule has 0 spiro atoms. The first-order valence-corrected chi connectivity index (χ1v) is 7.35. The average molecular weight is 332 g/mol. The van der Waals surface area contributed by atoms with Crippen LogP contribution < -0.4 is 10.6 Å². The lowest BCUT2D eigenvalue weighted by Crippen LogP contribution is -2.36. The van der Waals surface area contributed by atoms with Crippen LogP contribution in [0.3, 0.4) is 0 Å². The summed E-state index contributed by atoms with van der Waals surface area (Å²) in [6.07, 6.45) is 1.53. The Hall–Kier alpha value is -2.73. The molecule has 0 unspecified atom stereocenters. The third kappa shape index (κ3) is 3.73. The summed E-state index contributed by atoms with van der Waals surface area (Å²) in [5, 5.41) is 6.65. The first-order chi connectivity index (χ1) is 11.1. The van der Waals surface area contributed by atoms with Crippen molar-refractivity contribution in [1.82, 2.24) is 15.6 Å². The molecule has 1 aromatic carbocycles. The Morgan fingerprint density at radius 1 is 1.17 bits per heavy atom. The van der Waals surface area contributed by atoms with E-state index in [0.29, 0.717) is 16.5 Å². The molecular weight excluding hydrogens is 318 g/mol. The molecular formula is C16H14ClN3O3. The first kappa shape index (κ1) is 15.2. The van der Waals surface area contributed by atoms with Gasteiger partial charge in [0.1, 0.15) is 11.5 Å². The number of halogens is 1. The van der Waals surface area contributed by atoms with Gasteiger partial charge in [0, 0.05) is 15.9 Å². The summed E-state index contributed by atoms with van der Waals surface area (Å²) >= 11 is 5.91. The summed E-state index contributed by atoms with van der Waals surface area (Å²) in [4.78, 5) is 26.7. The minimum absolute atomic E-state index is 0.115. The van der Waals surface area contributed by atoms with Crippen LogP contribution in [0.5, 0.6) is 0 Å². The lowest BCUT2D eigenvalue weighted by molar-refractivity contribution is -0.120. The number of rotatable bonds is 5. The Kier molecular flexibility index (Phi) is 4.34. The van der Waals surface area contributed by atoms with Crippen LogP contribution in [0.2, 0.25) is 5.02 Å². The average Bonchev–Trinajstić information content (AvgIpc) is 3.19. The number of hydrogen-bond donors (Lipinski definition) is 3. The highest BCUT2D eigenvalue weighted by molar-refractivity contribution is 6.31. The minimum atomic E-state index is -0.356. The molecule has 2 amide bonds. The third-order valence-electron chi connectivity index (χ3n) is 3.28. The fraction of sp³-hybridized carbons (Fsp3) is 0.125. The molecule has 6 nitrogen and oxygen atoms in total. The van der Waals surface area contributed by atoms with Crippen molar-refractivity contribution in [1.29, 1.82) is 0 Å². The number of furan rings is 1. The van der Waals surface area contributed by atoms with Crippen molar-refractivity contribution in [3.05, 3.63) is 59.1 Å². The highest BCUT2D eigenvalue weighted by atomic mass is 35.5. The van der Waals surface area contributed by atoms with E-state index in [1.807, 2.05) is 0 Å². The fourth-order valence-electron chi connectivity index (χ4n) is 2.14. The van der Waals surface area contributed by atoms with E-state index < -0.39 is 0 Å². The van der Waals surface area contributed by atoms with Crippen LogP contribution in [0.4, 0.5) is 0 Å². The number of fused-ring (bicyclic) bond motifs is 1. The van der Waals surface area contributed by atoms with E-state index in [2.05, 4.69) is 15.6 Å². The van der Waals surface area contributed by atoms with Crippen molar-refractivity contribution >= 4 is 34.3 Å². The Bertz CT molecular complexity index is 840. The van der Waals surface area contributed by atoms with Gasteiger partial charge in [-0.2, -0.15) is 0 Å². The van der Waals surface area contributed by atoms with Crippen LogP contribution in [0, 0.1) is 0 Å². The smallest absolute Gasteiger partial charge is 0.268 e. The van der Waals surface area contributed by atoms with Gasteiger partial charge in [-0.15, -0.1) is 0 Å². The highest BCUT2D eigenvalue weighted by Gasteiger charge is 2.11. The summed E-state index contributed by atoms with van der Waals surface area (Å²) in [6, 6.07) is 10.5. The Labute approximate surface area is 136 Å². The van der Waals surface area contributed by atoms with E-state index in [-0.39, 0.29) is 24.9 Å². The summed E-state index contributed by atoms with van der Waals surface area (Å²) in [7, 11) is 0. The molecule has 0 fully saturated rings. The first-order valence-electron chi connectivity index (χ1n) is 6.97. The van der Waals surface area contributed by atoms with E-state index in [1.165, 1.54) is 6.26 Å². The lowest BCUT2D eigenvalue weighted by Gasteiger charge is -2.04. The van der Waals surface area contributed by atoms with Crippen LogP contribution in [0.25, 0.3) is 10.9 Å². The topological polar surface area (TPSA) is 87.1 Å². The predicted octanol–water partition coefficient (Wildman–Crippen LogP) is 2.46. The molecule has 2 heterocycles. The maximum absolute atomic E-state index is 12.1. The number of carbonyl (C=O) groups excluding carboxylic acids is 2. The summed E-state index contributed by atoms with van der Waals surface area (Å²) in [5.74, 6) is -0.00320. The second kappa shape index (κ2) is 6.58. The maximum atomic E-state index is 12.1. The van der Waals surface area contributed by atoms with Crippen LogP contribution in [0.1, 0.15) is 16.2 Å². The van der Waals surface area contributed by atoms with Gasteiger partial charge in [-0.3, -0.25) is 9.59 Å². The van der Waals surface area contributed by atoms with Gasteiger partial charge in [0.25, 0.3) is 5.91 Å². The molecule has 0 saturated carbocycles. The number of benzene rings is 1. The quantitative estimate of drug-likeness (QED) is 0.671. The van der Waals surface area contributed by atoms with Gasteiger partial charge in [0.15, 0.2) is 0 Å². The largest absolute Gasteiger partial charge is 0.467 e. The van der Waals surface area contributed by atoms with Crippen LogP contribution in [0.15, 0.2) is 47.1 Å². The molecule has 7 heteroatoms. The lowest BCUT2D eigenvalue weighted by atomic mass is 10.2. The van der Waals surface area contributed by atoms with Crippen LogP contribution in [-0.2, 0) is 11.3 Å². The van der Waals surface area contributed by atoms with Crippen molar-refractivity contribution in [3.8, 4) is 0 Å². The summed E-state index contributed by atoms with van der Waals surface area (Å²) in [5.41, 5.74) is 1.18. The number of amides is 2. The normalized spacial score (nSPS) is 10.7. The zero-order valence-corrected chi connectivity index (χ0v) is 12.8. The molecule has 0 bridgehead atoms. The standard InChI is InChI=1S/C16H14ClN3O3/c17-11-3-4-13-10(6-11)7-14(20-13)16(22)19-9-15(21)18-8-12-2-1-5-23-12/h1-7,20H,8-9H2,(H,18,21)(H,19,22). The monoisotopic (exact) mass is 331 g/mol. The number of aromatic amines is 1. The van der Waals surface area contributed by atoms with E-state index in [4.69, 9.17) is 16.0 Å². The van der Waals surface area contributed by atoms with E-state index in [0.717, 1.165) is 10.9 Å². The second-order valence-corrected chi connectivity index (χ2v) is 5.39. The molecule has 0 aliphatic heterocycles. The zero-order valence-electron chi connectivity index (χ0n) is 12.1. The molecule has 23 heavy (non-hydrogen) atoms. The highest BCUT2D eigenvalue weighted by Crippen LogP contribution is 2.19. The molecule has 3 aromatic rings. The summed E-state index contributed by atoms with van der Waals surface area (Å²) in [6.45, 7) is 0.169. The maximum Gasteiger partial charge on any atom is 0.268 e. The van der Waals surface area contributed by atoms with Crippen LogP contribution in [-0.4, -0.2) is 23.3 Å². The number of hydrogen-bond acceptors (Lipinski definition) is 3. The SMILES string of the molecule is O=C(CNC(=O)c1cc2cc(Cl)ccc2[nH]1)NCc1ccco1. The molecule has 3 rings (SSSR count). The van der Waals surface area contributed by atoms with Crippen molar-refractivity contribution in [3.63, 3.8) is 0 Å². The van der Waals surface area contributed by atoms with Gasteiger partial charge >= 0.3 is 0 Å². The molecule has 0 saturated heterocycles. The van der Waals surface area contributed by atoms with Gasteiger partial charge in [0.05, 0.1) is 19.4 Å². The fourth-order valence-corrected chi connectivity index (χ4v) is 2.32. The van der Waals surface area contributed by atoms with Crippen LogP contribution >= 0.6 is 11.6 Å². The Morgan fingerprint density at radius 2 is 2.04 bits per heavy atom. The van der Waals surface area contributed by atoms with E-state index in [9.17, 15) is 9.59 Å². The van der Waals surface area contributed by atoms with Crippen molar-refractivity contribution in [2.24, 2.45) is 0 Å². The van der Waals surface area contributed by atoms with E-state index >= 15 is 0 Å². The number of carbonyl (C=O) groups is 2. The number of aromatic nitrogens is 1. The minimum Gasteiger partial charge on any atom is -0.467 e. The predicted molar refractivity (Wildman–Crippen MR) is 86.2 cm³/mol. The van der Waals surface area contributed by atoms with Gasteiger partial charge in [-0.1, -0.05) is 11.6 Å². The van der Waals surface area contributed by atoms with Gasteiger partial charge < -0.3 is 20.0 Å². The molecule has 3 N–H and O–H groups in total. The molecule has 0 aliphatic carbocycles. The molecule has 0 aliphatic rings. The Morgan fingerprint density at radius 3 is 2.83 bits per heavy atom. The molecule has 0 atom stereocenters. The van der Waals surface area contributed by atoms with Gasteiger partial charge in [-0.25, -0.2) is 0 Å². The summed E-state index contributed by atoms with van der Waals surface area (Å²) < 4.78 is 5.10. The van der Waals surface area contributed by atoms with Crippen molar-refractivity contribution < 1.29 is 14.0 Å². The number of nitrogens with one attached hydrogen (secondary N) is 3. The van der Waals surface area contributed by atoms with Gasteiger partial charge in [0.2, 0.25) is 5.91 Å². The Balaban J connectivity index is 1.54. The third-order valence-corrected chi connectivity index (χ3v) is 3.51. The van der Waals surface area contributed by atoms with Crippen molar-refractivity contribution in [2.75, 3.05) is 6.54 Å². The second-order valence-electron chi connectivity index (χ2n) is 4.95. The number of H-pyrrole nitrogens is 1. The molecule has 2 aromatic heterocycles. The zero-order chi connectivity index (χ0) is 16.2. The van der Waals surface area contributed by atoms with Gasteiger partial charge in [-0.05, 0) is 36.4 Å². The molecule has 0 radical (unpaired) electrons. The van der Waals surface area contributed by atoms with E-state index in [1.54, 1.807) is 36.4 Å².